The first kappa shape index (κ1) is 15.0. The van der Waals surface area contributed by atoms with E-state index in [2.05, 4.69) is 36.9 Å². The average molecular weight is 422 g/mol. The summed E-state index contributed by atoms with van der Waals surface area (Å²) in [5.74, 6) is -0.582. The Morgan fingerprint density at radius 2 is 1.68 bits per heavy atom. The first-order chi connectivity index (χ1) is 10.5. The van der Waals surface area contributed by atoms with Crippen LogP contribution in [-0.4, -0.2) is 5.91 Å². The third-order valence-corrected chi connectivity index (χ3v) is 4.05. The van der Waals surface area contributed by atoms with Gasteiger partial charge in [0, 0.05) is 14.3 Å². The van der Waals surface area contributed by atoms with E-state index in [0.717, 1.165) is 14.3 Å². The minimum atomic E-state index is -0.582. The molecule has 0 unspecified atom stereocenters. The zero-order valence-corrected chi connectivity index (χ0v) is 14.4. The maximum atomic E-state index is 11.7. The highest BCUT2D eigenvalue weighted by Crippen LogP contribution is 2.20. The van der Waals surface area contributed by atoms with Crippen LogP contribution in [0.3, 0.4) is 0 Å². The molecule has 0 fully saturated rings. The number of hydrogen-bond donors (Lipinski definition) is 1. The van der Waals surface area contributed by atoms with Crippen molar-refractivity contribution in [3.63, 3.8) is 0 Å². The Kier molecular flexibility index (Phi) is 4.13. The van der Waals surface area contributed by atoms with Gasteiger partial charge in [-0.1, -0.05) is 31.9 Å². The number of halogens is 2. The lowest BCUT2D eigenvalue weighted by atomic mass is 10.2. The van der Waals surface area contributed by atoms with Crippen LogP contribution in [0.1, 0.15) is 10.4 Å². The van der Waals surface area contributed by atoms with Gasteiger partial charge >= 0.3 is 0 Å². The number of primary amides is 1. The van der Waals surface area contributed by atoms with Gasteiger partial charge in [-0.2, -0.15) is 0 Å². The zero-order valence-electron chi connectivity index (χ0n) is 11.2. The second kappa shape index (κ2) is 6.06. The van der Waals surface area contributed by atoms with Crippen LogP contribution in [0.4, 0.5) is 5.69 Å². The Morgan fingerprint density at radius 1 is 1.00 bits per heavy atom. The summed E-state index contributed by atoms with van der Waals surface area (Å²) in [5.41, 5.74) is 7.19. The summed E-state index contributed by atoms with van der Waals surface area (Å²) in [6.07, 6.45) is 0. The topological polar surface area (TPSA) is 68.6 Å². The van der Waals surface area contributed by atoms with Crippen molar-refractivity contribution in [2.24, 2.45) is 10.7 Å². The molecule has 1 aromatic heterocycles. The van der Waals surface area contributed by atoms with Gasteiger partial charge in [0.15, 0.2) is 0 Å². The second-order valence-electron chi connectivity index (χ2n) is 4.60. The van der Waals surface area contributed by atoms with E-state index >= 15 is 0 Å². The Balaban J connectivity index is 2.27. The number of fused-ring (bicyclic) bond motifs is 1. The van der Waals surface area contributed by atoms with Crippen molar-refractivity contribution in [3.05, 3.63) is 68.6 Å². The fraction of sp³-hybridized carbons (Fsp3) is 0. The van der Waals surface area contributed by atoms with Gasteiger partial charge < -0.3 is 10.2 Å². The molecule has 0 radical (unpaired) electrons. The Bertz CT molecular complexity index is 931. The number of benzene rings is 2. The van der Waals surface area contributed by atoms with Crippen molar-refractivity contribution < 1.29 is 9.21 Å². The third-order valence-electron chi connectivity index (χ3n) is 3.03. The Hall–Kier alpha value is -1.92. The third kappa shape index (κ3) is 3.13. The fourth-order valence-electron chi connectivity index (χ4n) is 1.99. The monoisotopic (exact) mass is 420 g/mol. The molecule has 2 N–H and O–H groups in total. The molecule has 3 aromatic rings. The standard InChI is InChI=1S/C16H10Br2N2O2/c17-10-1-4-12(5-2-10)20-16-13(15(19)21)8-9-7-11(18)3-6-14(9)22-16/h1-8H,(H2,19,21). The van der Waals surface area contributed by atoms with Crippen LogP contribution < -0.4 is 11.3 Å². The predicted octanol–water partition coefficient (Wildman–Crippen LogP) is 4.29. The van der Waals surface area contributed by atoms with E-state index in [9.17, 15) is 4.79 Å². The minimum absolute atomic E-state index is 0.199. The molecule has 0 saturated heterocycles. The number of amides is 1. The van der Waals surface area contributed by atoms with E-state index in [1.165, 1.54) is 0 Å². The maximum Gasteiger partial charge on any atom is 0.254 e. The molecule has 3 rings (SSSR count). The highest BCUT2D eigenvalue weighted by molar-refractivity contribution is 9.10. The molecule has 0 aliphatic carbocycles. The van der Waals surface area contributed by atoms with Crippen molar-refractivity contribution >= 4 is 54.4 Å². The summed E-state index contributed by atoms with van der Waals surface area (Å²) in [4.78, 5) is 16.1. The van der Waals surface area contributed by atoms with Gasteiger partial charge in [0.2, 0.25) is 5.55 Å². The molecule has 0 atom stereocenters. The van der Waals surface area contributed by atoms with Gasteiger partial charge in [0.25, 0.3) is 5.91 Å². The van der Waals surface area contributed by atoms with Crippen LogP contribution >= 0.6 is 31.9 Å². The van der Waals surface area contributed by atoms with Crippen LogP contribution in [0.2, 0.25) is 0 Å². The van der Waals surface area contributed by atoms with Gasteiger partial charge in [-0.25, -0.2) is 4.99 Å². The van der Waals surface area contributed by atoms with Crippen molar-refractivity contribution in [2.75, 3.05) is 0 Å². The number of carbonyl (C=O) groups excluding carboxylic acids is 1. The average Bonchev–Trinajstić information content (AvgIpc) is 2.49. The first-order valence-corrected chi connectivity index (χ1v) is 7.95. The Morgan fingerprint density at radius 3 is 2.36 bits per heavy atom. The lowest BCUT2D eigenvalue weighted by Crippen LogP contribution is -2.21. The lowest BCUT2D eigenvalue weighted by molar-refractivity contribution is 0.0996. The summed E-state index contributed by atoms with van der Waals surface area (Å²) in [6.45, 7) is 0. The van der Waals surface area contributed by atoms with Gasteiger partial charge in [-0.05, 0) is 48.5 Å². The molecule has 6 heteroatoms. The van der Waals surface area contributed by atoms with Crippen molar-refractivity contribution in [1.29, 1.82) is 0 Å². The van der Waals surface area contributed by atoms with E-state index in [1.807, 2.05) is 42.5 Å². The van der Waals surface area contributed by atoms with Gasteiger partial charge in [0.1, 0.15) is 11.1 Å². The molecule has 2 aromatic carbocycles. The molecule has 1 heterocycles. The first-order valence-electron chi connectivity index (χ1n) is 6.36. The van der Waals surface area contributed by atoms with Crippen LogP contribution in [0.5, 0.6) is 0 Å². The summed E-state index contributed by atoms with van der Waals surface area (Å²) in [6, 6.07) is 14.6. The summed E-state index contributed by atoms with van der Waals surface area (Å²) >= 11 is 6.75. The molecule has 0 saturated carbocycles. The summed E-state index contributed by atoms with van der Waals surface area (Å²) in [7, 11) is 0. The molecule has 0 bridgehead atoms. The van der Waals surface area contributed by atoms with Gasteiger partial charge in [-0.15, -0.1) is 0 Å². The maximum absolute atomic E-state index is 11.7. The molecule has 0 spiro atoms. The second-order valence-corrected chi connectivity index (χ2v) is 6.43. The van der Waals surface area contributed by atoms with Gasteiger partial charge in [0.05, 0.1) is 5.69 Å². The molecule has 1 amide bonds. The Labute approximate surface area is 142 Å². The van der Waals surface area contributed by atoms with Crippen molar-refractivity contribution in [2.45, 2.75) is 0 Å². The van der Waals surface area contributed by atoms with Crippen molar-refractivity contribution in [1.82, 2.24) is 0 Å². The minimum Gasteiger partial charge on any atom is -0.438 e. The number of hydrogen-bond acceptors (Lipinski definition) is 3. The summed E-state index contributed by atoms with van der Waals surface area (Å²) < 4.78 is 7.58. The van der Waals surface area contributed by atoms with Crippen LogP contribution in [0.15, 0.2) is 66.9 Å². The van der Waals surface area contributed by atoms with E-state index < -0.39 is 5.91 Å². The van der Waals surface area contributed by atoms with Crippen molar-refractivity contribution in [3.8, 4) is 0 Å². The van der Waals surface area contributed by atoms with E-state index in [1.54, 1.807) is 6.07 Å². The molecule has 110 valence electrons. The van der Waals surface area contributed by atoms with E-state index in [0.29, 0.717) is 11.3 Å². The number of nitrogens with two attached hydrogens (primary N) is 1. The molecule has 0 aliphatic rings. The number of nitrogens with zero attached hydrogens (tertiary/aromatic N) is 1. The molecule has 0 aliphatic heterocycles. The predicted molar refractivity (Wildman–Crippen MR) is 91.8 cm³/mol. The fourth-order valence-corrected chi connectivity index (χ4v) is 2.64. The lowest BCUT2D eigenvalue weighted by Gasteiger charge is -2.02. The SMILES string of the molecule is NC(=O)c1cc2cc(Br)ccc2oc1=Nc1ccc(Br)cc1. The van der Waals surface area contributed by atoms with E-state index in [4.69, 9.17) is 10.2 Å². The number of carbonyl (C=O) groups is 1. The zero-order chi connectivity index (χ0) is 15.7. The van der Waals surface area contributed by atoms with E-state index in [-0.39, 0.29) is 11.1 Å². The van der Waals surface area contributed by atoms with Crippen LogP contribution in [0, 0.1) is 0 Å². The van der Waals surface area contributed by atoms with Gasteiger partial charge in [-0.3, -0.25) is 4.79 Å². The molecular formula is C16H10Br2N2O2. The highest BCUT2D eigenvalue weighted by atomic mass is 79.9. The molecule has 4 nitrogen and oxygen atoms in total. The quantitative estimate of drug-likeness (QED) is 0.670. The molecular weight excluding hydrogens is 412 g/mol. The van der Waals surface area contributed by atoms with Crippen LogP contribution in [0.25, 0.3) is 11.0 Å². The molecule has 22 heavy (non-hydrogen) atoms. The normalized spacial score (nSPS) is 11.8. The summed E-state index contributed by atoms with van der Waals surface area (Å²) in [5, 5.41) is 0.776. The van der Waals surface area contributed by atoms with Crippen LogP contribution in [-0.2, 0) is 0 Å². The highest BCUT2D eigenvalue weighted by Gasteiger charge is 2.09. The largest absolute Gasteiger partial charge is 0.438 e. The smallest absolute Gasteiger partial charge is 0.254 e. The number of rotatable bonds is 2.